The number of hydrogen-bond acceptors (Lipinski definition) is 2. The molecule has 0 fully saturated rings. The normalized spacial score (nSPS) is 13.0. The maximum Gasteiger partial charge on any atom is 0.158 e. The van der Waals surface area contributed by atoms with Crippen molar-refractivity contribution in [3.05, 3.63) is 28.8 Å². The molecule has 1 aromatic carbocycles. The zero-order chi connectivity index (χ0) is 9.14. The molecule has 12 heavy (non-hydrogen) atoms. The third-order valence-corrected chi connectivity index (χ3v) is 2.76. The van der Waals surface area contributed by atoms with Gasteiger partial charge in [0.15, 0.2) is 4.90 Å². The van der Waals surface area contributed by atoms with Crippen LogP contribution in [0.5, 0.6) is 0 Å². The Bertz CT molecular complexity index is 276. The smallest absolute Gasteiger partial charge is 0.158 e. The lowest BCUT2D eigenvalue weighted by molar-refractivity contribution is 0.278. The first-order chi connectivity index (χ1) is 5.65. The van der Waals surface area contributed by atoms with Gasteiger partial charge in [-0.15, -0.1) is 0 Å². The molecule has 1 N–H and O–H groups in total. The van der Waals surface area contributed by atoms with Gasteiger partial charge in [0.25, 0.3) is 0 Å². The summed E-state index contributed by atoms with van der Waals surface area (Å²) in [7, 11) is 0. The van der Waals surface area contributed by atoms with E-state index >= 15 is 0 Å². The largest absolute Gasteiger partial charge is 0.612 e. The van der Waals surface area contributed by atoms with Crippen molar-refractivity contribution in [1.82, 2.24) is 0 Å². The zero-order valence-electron chi connectivity index (χ0n) is 6.58. The summed E-state index contributed by atoms with van der Waals surface area (Å²) < 4.78 is 11.1. The second-order valence-electron chi connectivity index (χ2n) is 2.36. The topological polar surface area (TPSA) is 43.3 Å². The van der Waals surface area contributed by atoms with Gasteiger partial charge >= 0.3 is 0 Å². The molecule has 0 aliphatic carbocycles. The molecule has 0 heterocycles. The summed E-state index contributed by atoms with van der Waals surface area (Å²) in [6, 6.07) is 4.96. The second kappa shape index (κ2) is 4.14. The first-order valence-corrected chi connectivity index (χ1v) is 5.31. The van der Waals surface area contributed by atoms with Gasteiger partial charge in [0.1, 0.15) is 6.26 Å². The molecule has 0 radical (unpaired) electrons. The fraction of sp³-hybridized carbons (Fsp3) is 0.250. The van der Waals surface area contributed by atoms with Crippen LogP contribution in [0.15, 0.2) is 23.1 Å². The van der Waals surface area contributed by atoms with Crippen LogP contribution in [0.1, 0.15) is 5.56 Å². The van der Waals surface area contributed by atoms with E-state index in [4.69, 9.17) is 16.7 Å². The molecule has 0 spiro atoms. The third-order valence-electron chi connectivity index (χ3n) is 1.50. The standard InChI is InChI=1S/C8H9ClO2S/c1-12(11)8-3-2-7(9)4-6(8)5-10/h2-4,10H,5H2,1H3. The second-order valence-corrected chi connectivity index (χ2v) is 4.15. The van der Waals surface area contributed by atoms with Crippen molar-refractivity contribution in [1.29, 1.82) is 0 Å². The van der Waals surface area contributed by atoms with Crippen molar-refractivity contribution >= 4 is 22.8 Å². The summed E-state index contributed by atoms with van der Waals surface area (Å²) in [4.78, 5) is 0.641. The summed E-state index contributed by atoms with van der Waals surface area (Å²) in [5.41, 5.74) is 0.628. The van der Waals surface area contributed by atoms with Gasteiger partial charge in [0.05, 0.1) is 6.61 Å². The van der Waals surface area contributed by atoms with Gasteiger partial charge in [-0.25, -0.2) is 0 Å². The van der Waals surface area contributed by atoms with Gasteiger partial charge in [-0.1, -0.05) is 11.6 Å². The van der Waals surface area contributed by atoms with E-state index in [2.05, 4.69) is 0 Å². The lowest BCUT2D eigenvalue weighted by Gasteiger charge is -2.08. The summed E-state index contributed by atoms with van der Waals surface area (Å²) in [5.74, 6) is 0. The van der Waals surface area contributed by atoms with E-state index in [1.807, 2.05) is 0 Å². The average molecular weight is 205 g/mol. The number of benzene rings is 1. The van der Waals surface area contributed by atoms with Crippen molar-refractivity contribution in [2.45, 2.75) is 11.5 Å². The van der Waals surface area contributed by atoms with Crippen LogP contribution in [-0.4, -0.2) is 15.9 Å². The molecule has 2 nitrogen and oxygen atoms in total. The summed E-state index contributed by atoms with van der Waals surface area (Å²) >= 11 is 4.62. The minimum absolute atomic E-state index is 0.129. The van der Waals surface area contributed by atoms with Crippen molar-refractivity contribution < 1.29 is 9.66 Å². The quantitative estimate of drug-likeness (QED) is 0.744. The van der Waals surface area contributed by atoms with Crippen molar-refractivity contribution in [2.75, 3.05) is 6.26 Å². The van der Waals surface area contributed by atoms with Gasteiger partial charge in [-0.05, 0) is 29.4 Å². The lowest BCUT2D eigenvalue weighted by Crippen LogP contribution is -2.02. The van der Waals surface area contributed by atoms with Crippen LogP contribution < -0.4 is 0 Å². The first kappa shape index (κ1) is 9.86. The van der Waals surface area contributed by atoms with E-state index in [-0.39, 0.29) is 6.61 Å². The number of aliphatic hydroxyl groups is 1. The third kappa shape index (κ3) is 2.14. The van der Waals surface area contributed by atoms with Crippen LogP contribution in [0, 0.1) is 0 Å². The molecule has 0 aromatic heterocycles. The Morgan fingerprint density at radius 2 is 2.25 bits per heavy atom. The molecule has 0 saturated heterocycles. The van der Waals surface area contributed by atoms with Crippen molar-refractivity contribution in [3.63, 3.8) is 0 Å². The Morgan fingerprint density at radius 1 is 1.58 bits per heavy atom. The Balaban J connectivity index is 3.11. The number of hydrogen-bond donors (Lipinski definition) is 1. The molecule has 0 amide bonds. The molecule has 0 aliphatic rings. The minimum atomic E-state index is -1.07. The predicted molar refractivity (Wildman–Crippen MR) is 49.7 cm³/mol. The van der Waals surface area contributed by atoms with E-state index in [1.54, 1.807) is 24.5 Å². The van der Waals surface area contributed by atoms with Gasteiger partial charge in [-0.2, -0.15) is 0 Å². The zero-order valence-corrected chi connectivity index (χ0v) is 8.15. The molecular formula is C8H9ClO2S. The van der Waals surface area contributed by atoms with E-state index < -0.39 is 11.2 Å². The molecular weight excluding hydrogens is 196 g/mol. The molecule has 1 unspecified atom stereocenters. The summed E-state index contributed by atoms with van der Waals surface area (Å²) in [6.45, 7) is -0.129. The fourth-order valence-corrected chi connectivity index (χ4v) is 1.90. The monoisotopic (exact) mass is 204 g/mol. The predicted octanol–water partition coefficient (Wildman–Crippen LogP) is 1.57. The van der Waals surface area contributed by atoms with Crippen molar-refractivity contribution in [3.8, 4) is 0 Å². The number of aliphatic hydroxyl groups excluding tert-OH is 1. The van der Waals surface area contributed by atoms with E-state index in [1.165, 1.54) is 0 Å². The highest BCUT2D eigenvalue weighted by Crippen LogP contribution is 2.20. The van der Waals surface area contributed by atoms with Crippen LogP contribution in [-0.2, 0) is 17.8 Å². The Kier molecular flexibility index (Phi) is 3.40. The Labute approximate surface area is 79.4 Å². The maximum absolute atomic E-state index is 11.1. The van der Waals surface area contributed by atoms with Gasteiger partial charge in [0, 0.05) is 10.6 Å². The van der Waals surface area contributed by atoms with Crippen LogP contribution in [0.2, 0.25) is 5.02 Å². The summed E-state index contributed by atoms with van der Waals surface area (Å²) in [5, 5.41) is 9.45. The Hall–Kier alpha value is -0.220. The summed E-state index contributed by atoms with van der Waals surface area (Å²) in [6.07, 6.45) is 1.57. The lowest BCUT2D eigenvalue weighted by atomic mass is 10.2. The molecule has 1 aromatic rings. The molecule has 0 bridgehead atoms. The van der Waals surface area contributed by atoms with Gasteiger partial charge in [-0.3, -0.25) is 0 Å². The SMILES string of the molecule is C[S+]([O-])c1ccc(Cl)cc1CO. The highest BCUT2D eigenvalue weighted by atomic mass is 35.5. The molecule has 0 aliphatic heterocycles. The molecule has 1 rings (SSSR count). The van der Waals surface area contributed by atoms with Crippen LogP contribution in [0.3, 0.4) is 0 Å². The van der Waals surface area contributed by atoms with Gasteiger partial charge < -0.3 is 9.66 Å². The van der Waals surface area contributed by atoms with E-state index in [9.17, 15) is 4.55 Å². The fourth-order valence-electron chi connectivity index (χ4n) is 0.952. The number of rotatable bonds is 2. The molecule has 66 valence electrons. The van der Waals surface area contributed by atoms with Crippen LogP contribution in [0.25, 0.3) is 0 Å². The first-order valence-electron chi connectivity index (χ1n) is 3.38. The van der Waals surface area contributed by atoms with Crippen molar-refractivity contribution in [2.24, 2.45) is 0 Å². The molecule has 0 saturated carbocycles. The average Bonchev–Trinajstić information content (AvgIpc) is 2.03. The maximum atomic E-state index is 11.1. The van der Waals surface area contributed by atoms with Gasteiger partial charge in [0.2, 0.25) is 0 Å². The van der Waals surface area contributed by atoms with E-state index in [0.717, 1.165) is 0 Å². The van der Waals surface area contributed by atoms with Crippen LogP contribution >= 0.6 is 11.6 Å². The van der Waals surface area contributed by atoms with E-state index in [0.29, 0.717) is 15.5 Å². The Morgan fingerprint density at radius 3 is 2.75 bits per heavy atom. The highest BCUT2D eigenvalue weighted by molar-refractivity contribution is 7.90. The van der Waals surface area contributed by atoms with Crippen LogP contribution in [0.4, 0.5) is 0 Å². The molecule has 1 atom stereocenters. The molecule has 4 heteroatoms. The minimum Gasteiger partial charge on any atom is -0.612 e. The highest BCUT2D eigenvalue weighted by Gasteiger charge is 2.10. The number of halogens is 1.